The molecule has 104 heavy (non-hydrogen) atoms. The molecule has 2 aromatic heterocycles. The van der Waals surface area contributed by atoms with Crippen molar-refractivity contribution < 1.29 is 56.5 Å². The van der Waals surface area contributed by atoms with Crippen LogP contribution < -0.4 is 29.6 Å². The fraction of sp³-hybridized carbons (Fsp3) is 0.159. The average molecular weight is 1370 g/mol. The van der Waals surface area contributed by atoms with Gasteiger partial charge in [0.1, 0.15) is 70.3 Å². The monoisotopic (exact) mass is 1370 g/mol. The minimum absolute atomic E-state index is 0.0132. The molecule has 2 aliphatic rings. The smallest absolute Gasteiger partial charge is 0.262 e. The normalized spacial score (nSPS) is 13.2. The van der Waals surface area contributed by atoms with Crippen molar-refractivity contribution in [3.05, 3.63) is 251 Å². The Kier molecular flexibility index (Phi) is 15.6. The molecule has 6 amide bonds. The Hall–Kier alpha value is -12.8. The lowest BCUT2D eigenvalue weighted by Crippen LogP contribution is -2.45. The number of ether oxygens (including phenoxy) is 4. The Balaban J connectivity index is 0.950. The van der Waals surface area contributed by atoms with Gasteiger partial charge >= 0.3 is 0 Å². The molecule has 2 aliphatic heterocycles. The molecule has 0 saturated heterocycles. The van der Waals surface area contributed by atoms with Gasteiger partial charge in [-0.3, -0.25) is 38.6 Å². The Morgan fingerprint density at radius 1 is 0.327 bits per heavy atom. The number of hydrogen-bond acceptors (Lipinski definition) is 12. The van der Waals surface area contributed by atoms with Crippen LogP contribution in [0.3, 0.4) is 0 Å². The van der Waals surface area contributed by atoms with E-state index in [4.69, 9.17) is 27.8 Å². The van der Waals surface area contributed by atoms with Crippen LogP contribution in [-0.4, -0.2) is 58.3 Å². The van der Waals surface area contributed by atoms with Crippen LogP contribution in [0.25, 0.3) is 87.0 Å². The minimum Gasteiger partial charge on any atom is -0.457 e. The summed E-state index contributed by atoms with van der Waals surface area (Å²) in [5.74, 6) is -2.36. The molecular formula is C88H68N4O12. The van der Waals surface area contributed by atoms with Crippen LogP contribution >= 0.6 is 0 Å². The number of nitrogens with one attached hydrogen (secondary N) is 2. The van der Waals surface area contributed by atoms with Crippen molar-refractivity contribution in [3.8, 4) is 46.0 Å². The summed E-state index contributed by atoms with van der Waals surface area (Å²) in [4.78, 5) is 95.7. The number of carbonyl (C=O) groups is 6. The van der Waals surface area contributed by atoms with E-state index in [0.29, 0.717) is 89.0 Å². The lowest BCUT2D eigenvalue weighted by atomic mass is 9.80. The highest BCUT2D eigenvalue weighted by molar-refractivity contribution is 6.45. The summed E-state index contributed by atoms with van der Waals surface area (Å²) in [6.45, 7) is 15.1. The minimum atomic E-state index is -0.800. The molecule has 4 heterocycles. The molecule has 13 aromatic carbocycles. The van der Waals surface area contributed by atoms with Gasteiger partial charge in [-0.05, 0) is 143 Å². The predicted octanol–water partition coefficient (Wildman–Crippen LogP) is 21.7. The number of rotatable bonds is 18. The zero-order valence-electron chi connectivity index (χ0n) is 58.1. The highest BCUT2D eigenvalue weighted by Gasteiger charge is 2.43. The number of hydrogen-bond donors (Lipinski definition) is 2. The third kappa shape index (κ3) is 10.8. The van der Waals surface area contributed by atoms with Crippen molar-refractivity contribution in [2.24, 2.45) is 0 Å². The van der Waals surface area contributed by atoms with Gasteiger partial charge in [-0.25, -0.2) is 0 Å². The Morgan fingerprint density at radius 2 is 0.606 bits per heavy atom. The van der Waals surface area contributed by atoms with Crippen molar-refractivity contribution in [1.29, 1.82) is 0 Å². The van der Waals surface area contributed by atoms with E-state index < -0.39 is 48.5 Å². The van der Waals surface area contributed by atoms with E-state index in [1.165, 1.54) is 0 Å². The van der Waals surface area contributed by atoms with Gasteiger partial charge in [0.2, 0.25) is 11.8 Å². The van der Waals surface area contributed by atoms with Crippen molar-refractivity contribution in [3.63, 3.8) is 0 Å². The number of carbonyl (C=O) groups excluding carboxylic acids is 6. The van der Waals surface area contributed by atoms with Gasteiger partial charge in [0.05, 0.1) is 33.6 Å². The van der Waals surface area contributed by atoms with Crippen molar-refractivity contribution in [2.45, 2.75) is 79.1 Å². The van der Waals surface area contributed by atoms with E-state index in [1.54, 1.807) is 48.5 Å². The lowest BCUT2D eigenvalue weighted by molar-refractivity contribution is -0.117. The first-order valence-corrected chi connectivity index (χ1v) is 34.9. The summed E-state index contributed by atoms with van der Waals surface area (Å²) in [5.41, 5.74) is 6.59. The van der Waals surface area contributed by atoms with Gasteiger partial charge in [-0.1, -0.05) is 165 Å². The molecule has 16 heteroatoms. The molecule has 17 rings (SSSR count). The molecular weight excluding hydrogens is 1300 g/mol. The number of nitrogens with zero attached hydrogens (tertiary/aromatic N) is 2. The van der Waals surface area contributed by atoms with E-state index in [2.05, 4.69) is 66.0 Å². The van der Waals surface area contributed by atoms with Crippen LogP contribution in [-0.2, 0) is 9.59 Å². The summed E-state index contributed by atoms with van der Waals surface area (Å²) in [6, 6.07) is 62.7. The maximum atomic E-state index is 16.1. The zero-order chi connectivity index (χ0) is 71.7. The van der Waals surface area contributed by atoms with Gasteiger partial charge in [0.25, 0.3) is 23.6 Å². The summed E-state index contributed by atoms with van der Waals surface area (Å²) < 4.78 is 41.9. The first-order chi connectivity index (χ1) is 50.3. The molecule has 0 bridgehead atoms. The van der Waals surface area contributed by atoms with E-state index in [9.17, 15) is 9.59 Å². The number of amides is 6. The van der Waals surface area contributed by atoms with Gasteiger partial charge < -0.3 is 38.4 Å². The first kappa shape index (κ1) is 64.5. The summed E-state index contributed by atoms with van der Waals surface area (Å²) in [5, 5.41) is 11.4. The van der Waals surface area contributed by atoms with Crippen LogP contribution in [0.15, 0.2) is 215 Å². The second kappa shape index (κ2) is 25.1. The van der Waals surface area contributed by atoms with E-state index in [-0.39, 0.29) is 79.7 Å². The average Bonchev–Trinajstić information content (AvgIpc) is 1.05. The number of anilines is 2. The molecule has 0 spiro atoms. The number of imide groups is 2. The third-order valence-electron chi connectivity index (χ3n) is 20.0. The van der Waals surface area contributed by atoms with Crippen LogP contribution in [0, 0.1) is 0 Å². The topological polar surface area (TPSA) is 196 Å². The number of benzene rings is 13. The quantitative estimate of drug-likeness (QED) is 0.0469. The maximum Gasteiger partial charge on any atom is 0.262 e. The van der Waals surface area contributed by atoms with Gasteiger partial charge in [-0.2, -0.15) is 0 Å². The largest absolute Gasteiger partial charge is 0.457 e. The molecule has 512 valence electrons. The lowest BCUT2D eigenvalue weighted by Gasteiger charge is -2.32. The molecule has 0 aliphatic carbocycles. The standard InChI is InChI=1S/C88H68N4O12/c1-45(2)49-19-13-23-53(35-49)99-69-39-61-75-62(86(96)91(85(61)95)43-73(93)89-65-31-17-29-59-57-27-9-11-33-67(57)103-83(59)65)41-71(101-55-25-15-21-51(37-55)47(5)6)79-80-72(102-56-26-16-22-52(38-56)48(7)8)42-64-76-63(40-70(78(82(76)80)77(69)81(75)79)100-54-24-14-20-50(36-54)46(3)4)87(97)92(88(64)98)44-74(94)90-66-32-18-30-60-58-28-10-12-34-68(58)104-84(60)66/h9-42,45-48H,43-44H2,1-8H3,(H,89,93)(H,90,94). The van der Waals surface area contributed by atoms with Crippen LogP contribution in [0.4, 0.5) is 11.4 Å². The number of para-hydroxylation sites is 4. The maximum absolute atomic E-state index is 16.1. The molecule has 16 nitrogen and oxygen atoms in total. The second-order valence-electron chi connectivity index (χ2n) is 28.1. The first-order valence-electron chi connectivity index (χ1n) is 34.9. The van der Waals surface area contributed by atoms with Crippen molar-refractivity contribution >= 4 is 134 Å². The Bertz CT molecular complexity index is 5590. The van der Waals surface area contributed by atoms with Crippen LogP contribution in [0.1, 0.15) is 143 Å². The molecule has 0 radical (unpaired) electrons. The Morgan fingerprint density at radius 3 is 0.904 bits per heavy atom. The highest BCUT2D eigenvalue weighted by atomic mass is 16.5. The molecule has 0 atom stereocenters. The third-order valence-corrected chi connectivity index (χ3v) is 20.0. The Labute approximate surface area is 596 Å². The van der Waals surface area contributed by atoms with Gasteiger partial charge in [0, 0.05) is 64.6 Å². The van der Waals surface area contributed by atoms with Gasteiger partial charge in [-0.15, -0.1) is 0 Å². The molecule has 0 saturated carbocycles. The summed E-state index contributed by atoms with van der Waals surface area (Å²) in [7, 11) is 0. The number of furan rings is 2. The van der Waals surface area contributed by atoms with Gasteiger partial charge in [0.15, 0.2) is 11.2 Å². The SMILES string of the molecule is CC(C)c1cccc(Oc2cc3c4c(cc(Oc5cccc(C(C)C)c5)c5c6c(Oc7cccc(C(C)C)c7)cc7c8c(cc(Oc9cccc(C(C)C)c9)c(c2c45)c86)C(=O)N(CC(=O)Nc2cccc4c2oc2ccccc24)C7=O)C(=O)N(CC(=O)Nc2cccc4c2oc2ccccc24)C3=O)c1. The van der Waals surface area contributed by atoms with Crippen LogP contribution in [0.5, 0.6) is 46.0 Å². The number of fused-ring (bicyclic) bond motifs is 8. The molecule has 15 aromatic rings. The van der Waals surface area contributed by atoms with E-state index in [0.717, 1.165) is 53.6 Å². The molecule has 0 unspecified atom stereocenters. The van der Waals surface area contributed by atoms with Crippen molar-refractivity contribution in [2.75, 3.05) is 23.7 Å². The highest BCUT2D eigenvalue weighted by Crippen LogP contribution is 2.58. The van der Waals surface area contributed by atoms with Crippen molar-refractivity contribution in [1.82, 2.24) is 9.80 Å². The zero-order valence-corrected chi connectivity index (χ0v) is 58.1. The summed E-state index contributed by atoms with van der Waals surface area (Å²) >= 11 is 0. The fourth-order valence-corrected chi connectivity index (χ4v) is 14.8. The van der Waals surface area contributed by atoms with E-state index >= 15 is 19.2 Å². The molecule has 2 N–H and O–H groups in total. The van der Waals surface area contributed by atoms with E-state index in [1.807, 2.05) is 158 Å². The van der Waals surface area contributed by atoms with Crippen LogP contribution in [0.2, 0.25) is 0 Å². The fourth-order valence-electron chi connectivity index (χ4n) is 14.8. The summed E-state index contributed by atoms with van der Waals surface area (Å²) in [6.07, 6.45) is 0. The predicted molar refractivity (Wildman–Crippen MR) is 406 cm³/mol. The second-order valence-corrected chi connectivity index (χ2v) is 28.1. The molecule has 0 fully saturated rings.